The van der Waals surface area contributed by atoms with Crippen molar-refractivity contribution in [3.8, 4) is 23.0 Å². The standard InChI is InChI=1S/C22H23NO5/c1-4-5-12-27-22(25)20-21(24)18-11-10-17(13-19(18)14(2)23-20)28-16-8-6-15(26-3)7-9-16/h6-11,13,24H,4-5,12H2,1-3H3. The van der Waals surface area contributed by atoms with E-state index < -0.39 is 5.97 Å². The highest BCUT2D eigenvalue weighted by Gasteiger charge is 2.19. The van der Waals surface area contributed by atoms with E-state index in [1.165, 1.54) is 0 Å². The van der Waals surface area contributed by atoms with E-state index in [4.69, 9.17) is 14.2 Å². The number of unbranched alkanes of at least 4 members (excludes halogenated alkanes) is 1. The average Bonchev–Trinajstić information content (AvgIpc) is 2.71. The first-order valence-electron chi connectivity index (χ1n) is 9.15. The van der Waals surface area contributed by atoms with Gasteiger partial charge in [0.05, 0.1) is 13.7 Å². The molecule has 0 spiro atoms. The molecule has 0 amide bonds. The molecule has 0 aliphatic heterocycles. The molecule has 3 aromatic rings. The third-order valence-electron chi connectivity index (χ3n) is 4.36. The summed E-state index contributed by atoms with van der Waals surface area (Å²) in [7, 11) is 1.61. The van der Waals surface area contributed by atoms with Crippen LogP contribution >= 0.6 is 0 Å². The van der Waals surface area contributed by atoms with Crippen LogP contribution in [0.15, 0.2) is 42.5 Å². The quantitative estimate of drug-likeness (QED) is 0.458. The highest BCUT2D eigenvalue weighted by Crippen LogP contribution is 2.34. The summed E-state index contributed by atoms with van der Waals surface area (Å²) >= 11 is 0. The summed E-state index contributed by atoms with van der Waals surface area (Å²) in [6.45, 7) is 4.10. The molecule has 6 heteroatoms. The molecule has 0 radical (unpaired) electrons. The summed E-state index contributed by atoms with van der Waals surface area (Å²) in [5.74, 6) is 1.20. The Hall–Kier alpha value is -3.28. The maximum absolute atomic E-state index is 12.2. The molecular formula is C22H23NO5. The molecule has 1 N–H and O–H groups in total. The van der Waals surface area contributed by atoms with Crippen LogP contribution in [0.3, 0.4) is 0 Å². The van der Waals surface area contributed by atoms with E-state index in [2.05, 4.69) is 4.98 Å². The van der Waals surface area contributed by atoms with Gasteiger partial charge in [0.25, 0.3) is 0 Å². The molecule has 0 bridgehead atoms. The van der Waals surface area contributed by atoms with Gasteiger partial charge in [-0.15, -0.1) is 0 Å². The van der Waals surface area contributed by atoms with Crippen molar-refractivity contribution in [2.24, 2.45) is 0 Å². The van der Waals surface area contributed by atoms with Gasteiger partial charge in [-0.3, -0.25) is 0 Å². The molecule has 0 unspecified atom stereocenters. The van der Waals surface area contributed by atoms with Crippen LogP contribution in [-0.4, -0.2) is 29.8 Å². The van der Waals surface area contributed by atoms with Gasteiger partial charge in [-0.2, -0.15) is 0 Å². The van der Waals surface area contributed by atoms with E-state index in [-0.39, 0.29) is 11.4 Å². The molecule has 1 heterocycles. The largest absolute Gasteiger partial charge is 0.505 e. The Kier molecular flexibility index (Phi) is 5.99. The lowest BCUT2D eigenvalue weighted by Gasteiger charge is -2.12. The van der Waals surface area contributed by atoms with E-state index in [9.17, 15) is 9.90 Å². The van der Waals surface area contributed by atoms with Crippen molar-refractivity contribution in [1.82, 2.24) is 4.98 Å². The fraction of sp³-hybridized carbons (Fsp3) is 0.273. The van der Waals surface area contributed by atoms with Gasteiger partial charge >= 0.3 is 5.97 Å². The Labute approximate surface area is 163 Å². The van der Waals surface area contributed by atoms with Gasteiger partial charge in [0, 0.05) is 16.5 Å². The number of aryl methyl sites for hydroxylation is 1. The molecule has 0 fully saturated rings. The highest BCUT2D eigenvalue weighted by molar-refractivity contribution is 6.00. The number of fused-ring (bicyclic) bond motifs is 1. The minimum absolute atomic E-state index is 0.0649. The van der Waals surface area contributed by atoms with Gasteiger partial charge < -0.3 is 19.3 Å². The van der Waals surface area contributed by atoms with E-state index in [0.29, 0.717) is 34.6 Å². The minimum Gasteiger partial charge on any atom is -0.505 e. The van der Waals surface area contributed by atoms with Gasteiger partial charge in [0.15, 0.2) is 11.4 Å². The number of nitrogens with zero attached hydrogens (tertiary/aromatic N) is 1. The first-order valence-corrected chi connectivity index (χ1v) is 9.15. The zero-order valence-electron chi connectivity index (χ0n) is 16.2. The van der Waals surface area contributed by atoms with E-state index in [1.807, 2.05) is 19.1 Å². The predicted octanol–water partition coefficient (Wildman–Crippen LogP) is 5.01. The van der Waals surface area contributed by atoms with Gasteiger partial charge in [0.2, 0.25) is 0 Å². The fourth-order valence-electron chi connectivity index (χ4n) is 2.80. The maximum Gasteiger partial charge on any atom is 0.360 e. The fourth-order valence-corrected chi connectivity index (χ4v) is 2.80. The SMILES string of the molecule is CCCCOC(=O)c1nc(C)c2cc(Oc3ccc(OC)cc3)ccc2c1O. The number of pyridine rings is 1. The van der Waals surface area contributed by atoms with Crippen molar-refractivity contribution in [2.45, 2.75) is 26.7 Å². The number of hydrogen-bond donors (Lipinski definition) is 1. The van der Waals surface area contributed by atoms with E-state index in [0.717, 1.165) is 18.6 Å². The Morgan fingerprint density at radius 2 is 1.71 bits per heavy atom. The van der Waals surface area contributed by atoms with Crippen molar-refractivity contribution >= 4 is 16.7 Å². The summed E-state index contributed by atoms with van der Waals surface area (Å²) in [5, 5.41) is 11.7. The predicted molar refractivity (Wildman–Crippen MR) is 106 cm³/mol. The Balaban J connectivity index is 1.88. The topological polar surface area (TPSA) is 77.9 Å². The molecule has 146 valence electrons. The van der Waals surface area contributed by atoms with Crippen molar-refractivity contribution in [2.75, 3.05) is 13.7 Å². The smallest absolute Gasteiger partial charge is 0.360 e. The molecular weight excluding hydrogens is 358 g/mol. The average molecular weight is 381 g/mol. The Morgan fingerprint density at radius 3 is 2.39 bits per heavy atom. The van der Waals surface area contributed by atoms with Gasteiger partial charge in [-0.1, -0.05) is 13.3 Å². The Bertz CT molecular complexity index is 982. The first kappa shape index (κ1) is 19.5. The second-order valence-corrected chi connectivity index (χ2v) is 6.37. The molecule has 0 saturated heterocycles. The van der Waals surface area contributed by atoms with Crippen molar-refractivity contribution < 1.29 is 24.1 Å². The van der Waals surface area contributed by atoms with E-state index >= 15 is 0 Å². The van der Waals surface area contributed by atoms with Crippen molar-refractivity contribution in [3.63, 3.8) is 0 Å². The van der Waals surface area contributed by atoms with Crippen LogP contribution in [0.1, 0.15) is 35.9 Å². The number of rotatable bonds is 7. The van der Waals surface area contributed by atoms with Crippen LogP contribution in [0.5, 0.6) is 23.0 Å². The van der Waals surface area contributed by atoms with Crippen molar-refractivity contribution in [1.29, 1.82) is 0 Å². The summed E-state index contributed by atoms with van der Waals surface area (Å²) in [6, 6.07) is 12.5. The molecule has 2 aromatic carbocycles. The number of ether oxygens (including phenoxy) is 3. The normalized spacial score (nSPS) is 10.7. The van der Waals surface area contributed by atoms with Crippen LogP contribution in [0.25, 0.3) is 10.8 Å². The lowest BCUT2D eigenvalue weighted by atomic mass is 10.1. The van der Waals surface area contributed by atoms with Crippen molar-refractivity contribution in [3.05, 3.63) is 53.9 Å². The number of aromatic hydroxyl groups is 1. The summed E-state index contributed by atoms with van der Waals surface area (Å²) in [5.41, 5.74) is 0.542. The number of benzene rings is 2. The molecule has 28 heavy (non-hydrogen) atoms. The molecule has 0 atom stereocenters. The lowest BCUT2D eigenvalue weighted by molar-refractivity contribution is 0.0489. The van der Waals surface area contributed by atoms with Gasteiger partial charge in [0.1, 0.15) is 17.2 Å². The van der Waals surface area contributed by atoms with Gasteiger partial charge in [-0.25, -0.2) is 9.78 Å². The molecule has 1 aromatic heterocycles. The Morgan fingerprint density at radius 1 is 1.04 bits per heavy atom. The second-order valence-electron chi connectivity index (χ2n) is 6.37. The zero-order valence-corrected chi connectivity index (χ0v) is 16.2. The van der Waals surface area contributed by atoms with Crippen LogP contribution < -0.4 is 9.47 Å². The van der Waals surface area contributed by atoms with Crippen LogP contribution in [0, 0.1) is 6.92 Å². The third-order valence-corrected chi connectivity index (χ3v) is 4.36. The summed E-state index contributed by atoms with van der Waals surface area (Å²) < 4.78 is 16.2. The molecule has 6 nitrogen and oxygen atoms in total. The van der Waals surface area contributed by atoms with Crippen LogP contribution in [0.2, 0.25) is 0 Å². The molecule has 0 saturated carbocycles. The second kappa shape index (κ2) is 8.61. The molecule has 0 aliphatic rings. The highest BCUT2D eigenvalue weighted by atomic mass is 16.5. The number of carbonyl (C=O) groups excluding carboxylic acids is 1. The lowest BCUT2D eigenvalue weighted by Crippen LogP contribution is -2.10. The summed E-state index contributed by atoms with van der Waals surface area (Å²) in [4.78, 5) is 16.5. The number of carbonyl (C=O) groups is 1. The summed E-state index contributed by atoms with van der Waals surface area (Å²) in [6.07, 6.45) is 1.69. The number of esters is 1. The number of hydrogen-bond acceptors (Lipinski definition) is 6. The molecule has 3 rings (SSSR count). The maximum atomic E-state index is 12.2. The minimum atomic E-state index is -0.616. The third kappa shape index (κ3) is 4.17. The number of methoxy groups -OCH3 is 1. The first-order chi connectivity index (χ1) is 13.5. The van der Waals surface area contributed by atoms with Crippen LogP contribution in [-0.2, 0) is 4.74 Å². The van der Waals surface area contributed by atoms with E-state index in [1.54, 1.807) is 44.4 Å². The van der Waals surface area contributed by atoms with Crippen LogP contribution in [0.4, 0.5) is 0 Å². The zero-order chi connectivity index (χ0) is 20.1. The van der Waals surface area contributed by atoms with Gasteiger partial charge in [-0.05, 0) is 55.8 Å². The monoisotopic (exact) mass is 381 g/mol. The molecule has 0 aliphatic carbocycles. The number of aromatic nitrogens is 1.